The molecule has 2 N–H and O–H groups in total. The smallest absolute Gasteiger partial charge is 0.465 e. The van der Waals surface area contributed by atoms with Crippen molar-refractivity contribution in [3.63, 3.8) is 0 Å². The van der Waals surface area contributed by atoms with Gasteiger partial charge in [0.15, 0.2) is 0 Å². The van der Waals surface area contributed by atoms with Crippen molar-refractivity contribution in [3.05, 3.63) is 29.1 Å². The van der Waals surface area contributed by atoms with Gasteiger partial charge in [-0.2, -0.15) is 0 Å². The summed E-state index contributed by atoms with van der Waals surface area (Å²) in [6.07, 6.45) is 1.10. The van der Waals surface area contributed by atoms with Gasteiger partial charge >= 0.3 is 13.2 Å². The van der Waals surface area contributed by atoms with E-state index in [4.69, 9.17) is 14.4 Å². The van der Waals surface area contributed by atoms with Gasteiger partial charge in [-0.15, -0.1) is 0 Å². The summed E-state index contributed by atoms with van der Waals surface area (Å²) >= 11 is 0. The molecule has 130 valence electrons. The number of amides is 1. The maximum atomic E-state index is 14.6. The zero-order valence-corrected chi connectivity index (χ0v) is 14.5. The second kappa shape index (κ2) is 5.74. The van der Waals surface area contributed by atoms with Crippen LogP contribution in [0.2, 0.25) is 0 Å². The minimum Gasteiger partial charge on any atom is -0.465 e. The average molecular weight is 335 g/mol. The van der Waals surface area contributed by atoms with E-state index in [2.05, 4.69) is 5.32 Å². The van der Waals surface area contributed by atoms with Gasteiger partial charge in [-0.05, 0) is 64.2 Å². The van der Waals surface area contributed by atoms with Crippen molar-refractivity contribution >= 4 is 18.7 Å². The molecule has 0 radical (unpaired) electrons. The van der Waals surface area contributed by atoms with Crippen LogP contribution < -0.4 is 10.8 Å². The molecule has 0 saturated carbocycles. The normalized spacial score (nSPS) is 24.5. The molecule has 3 rings (SSSR count). The molecular formula is C17H23BFNO4. The highest BCUT2D eigenvalue weighted by Crippen LogP contribution is 2.38. The maximum absolute atomic E-state index is 14.6. The summed E-state index contributed by atoms with van der Waals surface area (Å²) < 4.78 is 26.7. The van der Waals surface area contributed by atoms with Crippen molar-refractivity contribution in [2.75, 3.05) is 0 Å². The van der Waals surface area contributed by atoms with Crippen LogP contribution in [0.1, 0.15) is 57.7 Å². The van der Waals surface area contributed by atoms with Gasteiger partial charge in [-0.1, -0.05) is 6.07 Å². The summed E-state index contributed by atoms with van der Waals surface area (Å²) in [7, 11) is -0.784. The molecule has 7 heteroatoms. The van der Waals surface area contributed by atoms with Crippen LogP contribution in [0.4, 0.5) is 9.18 Å². The molecule has 5 nitrogen and oxygen atoms in total. The zero-order chi connectivity index (χ0) is 17.7. The van der Waals surface area contributed by atoms with Gasteiger partial charge in [0.25, 0.3) is 0 Å². The molecule has 2 aliphatic rings. The maximum Gasteiger partial charge on any atom is 0.498 e. The van der Waals surface area contributed by atoms with Crippen LogP contribution >= 0.6 is 0 Å². The molecule has 0 bridgehead atoms. The molecule has 1 saturated heterocycles. The lowest BCUT2D eigenvalue weighted by Crippen LogP contribution is -2.42. The lowest BCUT2D eigenvalue weighted by molar-refractivity contribution is 0.00578. The fraction of sp³-hybridized carbons (Fsp3) is 0.588. The summed E-state index contributed by atoms with van der Waals surface area (Å²) in [5, 5.41) is 11.5. The van der Waals surface area contributed by atoms with Gasteiger partial charge in [0.1, 0.15) is 5.82 Å². The van der Waals surface area contributed by atoms with E-state index >= 15 is 0 Å². The predicted molar refractivity (Wildman–Crippen MR) is 89.0 cm³/mol. The Morgan fingerprint density at radius 1 is 1.29 bits per heavy atom. The first kappa shape index (κ1) is 17.2. The van der Waals surface area contributed by atoms with Crippen molar-refractivity contribution in [2.45, 2.75) is 64.2 Å². The van der Waals surface area contributed by atoms with Crippen LogP contribution in [0.3, 0.4) is 0 Å². The summed E-state index contributed by atoms with van der Waals surface area (Å²) in [5.41, 5.74) is 0.914. The van der Waals surface area contributed by atoms with Crippen LogP contribution in [-0.4, -0.2) is 29.5 Å². The topological polar surface area (TPSA) is 67.8 Å². The average Bonchev–Trinajstić information content (AvgIpc) is 2.66. The van der Waals surface area contributed by atoms with Crippen molar-refractivity contribution in [2.24, 2.45) is 0 Å². The van der Waals surface area contributed by atoms with Crippen LogP contribution in [0.5, 0.6) is 0 Å². The number of nitrogens with one attached hydrogen (secondary N) is 1. The van der Waals surface area contributed by atoms with Gasteiger partial charge in [0.2, 0.25) is 0 Å². The van der Waals surface area contributed by atoms with Gasteiger partial charge in [0, 0.05) is 5.46 Å². The van der Waals surface area contributed by atoms with E-state index in [1.54, 1.807) is 6.07 Å². The van der Waals surface area contributed by atoms with Gasteiger partial charge < -0.3 is 19.7 Å². The Kier molecular flexibility index (Phi) is 4.12. The third-order valence-electron chi connectivity index (χ3n) is 5.42. The summed E-state index contributed by atoms with van der Waals surface area (Å²) in [6.45, 7) is 7.70. The second-order valence-corrected chi connectivity index (χ2v) is 7.51. The summed E-state index contributed by atoms with van der Waals surface area (Å²) in [5.74, 6) is -0.372. The number of hydrogen-bond donors (Lipinski definition) is 2. The molecular weight excluding hydrogens is 312 g/mol. The highest BCUT2D eigenvalue weighted by molar-refractivity contribution is 6.62. The SMILES string of the molecule is CC1(C)OB(c2c(F)ccc3c2CCCC3NC(=O)O)OC1(C)C. The Morgan fingerprint density at radius 3 is 2.50 bits per heavy atom. The largest absolute Gasteiger partial charge is 0.498 e. The highest BCUT2D eigenvalue weighted by atomic mass is 19.1. The molecule has 1 heterocycles. The Bertz CT molecular complexity index is 661. The van der Waals surface area contributed by atoms with E-state index in [0.717, 1.165) is 17.5 Å². The van der Waals surface area contributed by atoms with Crippen LogP contribution in [-0.2, 0) is 15.7 Å². The van der Waals surface area contributed by atoms with E-state index in [0.29, 0.717) is 18.3 Å². The predicted octanol–water partition coefficient (Wildman–Crippen LogP) is 2.77. The quantitative estimate of drug-likeness (QED) is 0.816. The molecule has 1 aliphatic heterocycles. The Morgan fingerprint density at radius 2 is 1.92 bits per heavy atom. The van der Waals surface area contributed by atoms with E-state index in [9.17, 15) is 9.18 Å². The van der Waals surface area contributed by atoms with E-state index < -0.39 is 24.4 Å². The minimum absolute atomic E-state index is 0.326. The Hall–Kier alpha value is -1.60. The standard InChI is InChI=1S/C17H23BFNO4/c1-16(2)17(3,4)24-18(23-16)14-11-6-5-7-13(20-15(21)22)10(11)8-9-12(14)19/h8-9,13,20H,5-7H2,1-4H3,(H,21,22). The fourth-order valence-electron chi connectivity index (χ4n) is 3.41. The lowest BCUT2D eigenvalue weighted by atomic mass is 9.70. The van der Waals surface area contributed by atoms with Crippen LogP contribution in [0.25, 0.3) is 0 Å². The molecule has 1 aromatic carbocycles. The fourth-order valence-corrected chi connectivity index (χ4v) is 3.41. The van der Waals surface area contributed by atoms with Crippen molar-refractivity contribution in [1.29, 1.82) is 0 Å². The lowest BCUT2D eigenvalue weighted by Gasteiger charge is -2.32. The number of halogens is 1. The first-order valence-corrected chi connectivity index (χ1v) is 8.28. The Labute approximate surface area is 141 Å². The molecule has 1 amide bonds. The summed E-state index contributed by atoms with van der Waals surface area (Å²) in [6, 6.07) is 2.72. The van der Waals surface area contributed by atoms with Crippen molar-refractivity contribution in [1.82, 2.24) is 5.32 Å². The van der Waals surface area contributed by atoms with E-state index in [1.165, 1.54) is 6.07 Å². The Balaban J connectivity index is 2.02. The molecule has 1 fully saturated rings. The van der Waals surface area contributed by atoms with Gasteiger partial charge in [0.05, 0.1) is 17.2 Å². The number of carboxylic acid groups (broad SMARTS) is 1. The molecule has 0 spiro atoms. The summed E-state index contributed by atoms with van der Waals surface area (Å²) in [4.78, 5) is 11.0. The first-order valence-electron chi connectivity index (χ1n) is 8.28. The molecule has 1 atom stereocenters. The van der Waals surface area contributed by atoms with E-state index in [1.807, 2.05) is 27.7 Å². The van der Waals surface area contributed by atoms with Crippen molar-refractivity contribution < 1.29 is 23.6 Å². The molecule has 0 aromatic heterocycles. The number of carbonyl (C=O) groups is 1. The van der Waals surface area contributed by atoms with E-state index in [-0.39, 0.29) is 11.9 Å². The van der Waals surface area contributed by atoms with Crippen molar-refractivity contribution in [3.8, 4) is 0 Å². The number of benzene rings is 1. The molecule has 1 aromatic rings. The van der Waals surface area contributed by atoms with Crippen LogP contribution in [0.15, 0.2) is 12.1 Å². The zero-order valence-electron chi connectivity index (χ0n) is 14.5. The number of hydrogen-bond acceptors (Lipinski definition) is 3. The van der Waals surface area contributed by atoms with Crippen LogP contribution in [0, 0.1) is 5.82 Å². The number of rotatable bonds is 2. The highest BCUT2D eigenvalue weighted by Gasteiger charge is 2.53. The molecule has 1 unspecified atom stereocenters. The van der Waals surface area contributed by atoms with Gasteiger partial charge in [-0.3, -0.25) is 0 Å². The molecule has 1 aliphatic carbocycles. The third-order valence-corrected chi connectivity index (χ3v) is 5.42. The number of fused-ring (bicyclic) bond motifs is 1. The molecule has 24 heavy (non-hydrogen) atoms. The van der Waals surface area contributed by atoms with Gasteiger partial charge in [-0.25, -0.2) is 9.18 Å². The third kappa shape index (κ3) is 2.80. The first-order chi connectivity index (χ1) is 11.1. The minimum atomic E-state index is -1.07. The second-order valence-electron chi connectivity index (χ2n) is 7.51. The monoisotopic (exact) mass is 335 g/mol.